The van der Waals surface area contributed by atoms with Gasteiger partial charge in [0, 0.05) is 13.1 Å². The monoisotopic (exact) mass is 237 g/mol. The molecule has 3 N–H and O–H groups in total. The van der Waals surface area contributed by atoms with Crippen molar-refractivity contribution in [2.75, 3.05) is 0 Å². The molecular formula is C10H15N5O2. The standard InChI is InChI=1S/C10H15N5O2/c1-5(2)15-8-7(9(16)13-10(15)17)14(3)6(4-11)12-8/h5H,4,11H2,1-3H3,(H,13,16,17). The molecule has 17 heavy (non-hydrogen) atoms. The Morgan fingerprint density at radius 3 is 2.59 bits per heavy atom. The molecule has 0 aliphatic carbocycles. The van der Waals surface area contributed by atoms with Gasteiger partial charge in [-0.1, -0.05) is 0 Å². The molecule has 7 nitrogen and oxygen atoms in total. The maximum atomic E-state index is 11.8. The van der Waals surface area contributed by atoms with E-state index in [4.69, 9.17) is 5.73 Å². The van der Waals surface area contributed by atoms with Crippen LogP contribution in [0.3, 0.4) is 0 Å². The molecule has 0 saturated heterocycles. The predicted molar refractivity (Wildman–Crippen MR) is 63.9 cm³/mol. The van der Waals surface area contributed by atoms with Gasteiger partial charge in [-0.05, 0) is 13.8 Å². The van der Waals surface area contributed by atoms with Crippen molar-refractivity contribution in [3.8, 4) is 0 Å². The zero-order valence-corrected chi connectivity index (χ0v) is 10.0. The molecule has 0 saturated carbocycles. The van der Waals surface area contributed by atoms with Gasteiger partial charge in [0.15, 0.2) is 11.2 Å². The van der Waals surface area contributed by atoms with Crippen molar-refractivity contribution in [3.63, 3.8) is 0 Å². The smallest absolute Gasteiger partial charge is 0.324 e. The summed E-state index contributed by atoms with van der Waals surface area (Å²) in [7, 11) is 1.71. The van der Waals surface area contributed by atoms with Crippen molar-refractivity contribution in [1.29, 1.82) is 0 Å². The highest BCUT2D eigenvalue weighted by molar-refractivity contribution is 5.70. The number of aromatic nitrogens is 4. The number of aryl methyl sites for hydroxylation is 1. The minimum absolute atomic E-state index is 0.0811. The summed E-state index contributed by atoms with van der Waals surface area (Å²) in [4.78, 5) is 30.0. The van der Waals surface area contributed by atoms with E-state index in [9.17, 15) is 9.59 Å². The molecule has 0 radical (unpaired) electrons. The fraction of sp³-hybridized carbons (Fsp3) is 0.500. The van der Waals surface area contributed by atoms with Crippen molar-refractivity contribution < 1.29 is 0 Å². The molecule has 0 amide bonds. The Kier molecular flexibility index (Phi) is 2.62. The third-order valence-corrected chi connectivity index (χ3v) is 2.75. The predicted octanol–water partition coefficient (Wildman–Crippen LogP) is -0.537. The Morgan fingerprint density at radius 2 is 2.06 bits per heavy atom. The van der Waals surface area contributed by atoms with Gasteiger partial charge in [-0.3, -0.25) is 14.3 Å². The molecule has 0 spiro atoms. The molecule has 2 aromatic heterocycles. The Balaban J connectivity index is 3.02. The molecule has 0 aliphatic heterocycles. The number of nitrogens with two attached hydrogens (primary N) is 1. The number of nitrogens with zero attached hydrogens (tertiary/aromatic N) is 3. The number of hydrogen-bond acceptors (Lipinski definition) is 4. The number of hydrogen-bond donors (Lipinski definition) is 2. The molecule has 0 aromatic carbocycles. The van der Waals surface area contributed by atoms with E-state index < -0.39 is 11.2 Å². The second-order valence-corrected chi connectivity index (χ2v) is 4.19. The van der Waals surface area contributed by atoms with Crippen molar-refractivity contribution in [3.05, 3.63) is 26.7 Å². The average molecular weight is 237 g/mol. The number of imidazole rings is 1. The summed E-state index contributed by atoms with van der Waals surface area (Å²) in [5, 5.41) is 0. The summed E-state index contributed by atoms with van der Waals surface area (Å²) in [5.41, 5.74) is 5.43. The van der Waals surface area contributed by atoms with Crippen molar-refractivity contribution in [1.82, 2.24) is 19.1 Å². The molecular weight excluding hydrogens is 222 g/mol. The lowest BCUT2D eigenvalue weighted by atomic mass is 10.4. The van der Waals surface area contributed by atoms with Gasteiger partial charge in [-0.2, -0.15) is 0 Å². The van der Waals surface area contributed by atoms with Gasteiger partial charge in [0.05, 0.1) is 6.54 Å². The van der Waals surface area contributed by atoms with Crippen LogP contribution in [0, 0.1) is 0 Å². The molecule has 0 atom stereocenters. The van der Waals surface area contributed by atoms with Crippen LogP contribution in [0.2, 0.25) is 0 Å². The highest BCUT2D eigenvalue weighted by atomic mass is 16.2. The fourth-order valence-electron chi connectivity index (χ4n) is 1.93. The average Bonchev–Trinajstić information content (AvgIpc) is 2.55. The Bertz CT molecular complexity index is 676. The molecule has 2 aromatic rings. The van der Waals surface area contributed by atoms with Gasteiger partial charge in [0.2, 0.25) is 0 Å². The van der Waals surface area contributed by atoms with Gasteiger partial charge in [0.1, 0.15) is 5.82 Å². The molecule has 7 heteroatoms. The first-order valence-electron chi connectivity index (χ1n) is 5.37. The van der Waals surface area contributed by atoms with E-state index in [1.807, 2.05) is 13.8 Å². The number of nitrogens with one attached hydrogen (secondary N) is 1. The summed E-state index contributed by atoms with van der Waals surface area (Å²) in [6.07, 6.45) is 0. The lowest BCUT2D eigenvalue weighted by molar-refractivity contribution is 0.580. The third kappa shape index (κ3) is 1.59. The van der Waals surface area contributed by atoms with E-state index in [-0.39, 0.29) is 12.6 Å². The number of H-pyrrole nitrogens is 1. The van der Waals surface area contributed by atoms with Crippen LogP contribution in [0.1, 0.15) is 25.7 Å². The molecule has 2 heterocycles. The summed E-state index contributed by atoms with van der Waals surface area (Å²) in [6.45, 7) is 3.93. The highest BCUT2D eigenvalue weighted by Gasteiger charge is 2.16. The lowest BCUT2D eigenvalue weighted by Crippen LogP contribution is -2.31. The van der Waals surface area contributed by atoms with Crippen molar-refractivity contribution in [2.45, 2.75) is 26.4 Å². The second-order valence-electron chi connectivity index (χ2n) is 4.19. The van der Waals surface area contributed by atoms with E-state index in [1.165, 1.54) is 4.57 Å². The Labute approximate surface area is 96.9 Å². The first-order chi connectivity index (χ1) is 7.97. The van der Waals surface area contributed by atoms with Crippen LogP contribution in [0.25, 0.3) is 11.2 Å². The van der Waals surface area contributed by atoms with Gasteiger partial charge in [-0.25, -0.2) is 9.78 Å². The normalized spacial score (nSPS) is 11.6. The minimum Gasteiger partial charge on any atom is -0.324 e. The summed E-state index contributed by atoms with van der Waals surface area (Å²) >= 11 is 0. The number of fused-ring (bicyclic) bond motifs is 1. The number of rotatable bonds is 2. The quantitative estimate of drug-likeness (QED) is 0.733. The first kappa shape index (κ1) is 11.6. The van der Waals surface area contributed by atoms with Gasteiger partial charge in [0.25, 0.3) is 5.56 Å². The van der Waals surface area contributed by atoms with Crippen LogP contribution in [0.15, 0.2) is 9.59 Å². The molecule has 0 unspecified atom stereocenters. The maximum absolute atomic E-state index is 11.8. The van der Waals surface area contributed by atoms with E-state index in [1.54, 1.807) is 11.6 Å². The molecule has 92 valence electrons. The van der Waals surface area contributed by atoms with E-state index in [0.29, 0.717) is 17.0 Å². The third-order valence-electron chi connectivity index (χ3n) is 2.75. The SMILES string of the molecule is CC(C)n1c(=O)[nH]c(=O)c2c1nc(CN)n2C. The molecule has 0 aliphatic rings. The molecule has 0 bridgehead atoms. The zero-order valence-electron chi connectivity index (χ0n) is 10.0. The maximum Gasteiger partial charge on any atom is 0.330 e. The van der Waals surface area contributed by atoms with Gasteiger partial charge in [-0.15, -0.1) is 0 Å². The lowest BCUT2D eigenvalue weighted by Gasteiger charge is -2.09. The van der Waals surface area contributed by atoms with Crippen molar-refractivity contribution >= 4 is 11.2 Å². The Morgan fingerprint density at radius 1 is 1.41 bits per heavy atom. The van der Waals surface area contributed by atoms with Crippen LogP contribution in [0.5, 0.6) is 0 Å². The van der Waals surface area contributed by atoms with Crippen LogP contribution in [-0.4, -0.2) is 19.1 Å². The van der Waals surface area contributed by atoms with E-state index in [0.717, 1.165) is 0 Å². The van der Waals surface area contributed by atoms with Gasteiger partial charge >= 0.3 is 5.69 Å². The van der Waals surface area contributed by atoms with Crippen LogP contribution < -0.4 is 17.0 Å². The zero-order chi connectivity index (χ0) is 12.7. The summed E-state index contributed by atoms with van der Waals surface area (Å²) in [6, 6.07) is -0.0811. The Hall–Kier alpha value is -1.89. The second kappa shape index (κ2) is 3.85. The van der Waals surface area contributed by atoms with Crippen LogP contribution in [0.4, 0.5) is 0 Å². The van der Waals surface area contributed by atoms with Gasteiger partial charge < -0.3 is 10.3 Å². The van der Waals surface area contributed by atoms with Crippen LogP contribution in [-0.2, 0) is 13.6 Å². The minimum atomic E-state index is -0.445. The number of aromatic amines is 1. The van der Waals surface area contributed by atoms with E-state index >= 15 is 0 Å². The highest BCUT2D eigenvalue weighted by Crippen LogP contribution is 2.12. The van der Waals surface area contributed by atoms with Crippen molar-refractivity contribution in [2.24, 2.45) is 12.8 Å². The molecule has 2 rings (SSSR count). The first-order valence-corrected chi connectivity index (χ1v) is 5.37. The fourth-order valence-corrected chi connectivity index (χ4v) is 1.93. The summed E-state index contributed by atoms with van der Waals surface area (Å²) in [5.74, 6) is 0.575. The topological polar surface area (TPSA) is 98.7 Å². The van der Waals surface area contributed by atoms with Crippen LogP contribution >= 0.6 is 0 Å². The largest absolute Gasteiger partial charge is 0.330 e. The van der Waals surface area contributed by atoms with E-state index in [2.05, 4.69) is 9.97 Å². The summed E-state index contributed by atoms with van der Waals surface area (Å²) < 4.78 is 3.07. The molecule has 0 fully saturated rings.